The SMILES string of the molecule is Cn1c(SCc2ccc3c(c2)OCO3)nnc1SCc1ccc2c(c1)OCO2. The highest BCUT2D eigenvalue weighted by Gasteiger charge is 2.16. The smallest absolute Gasteiger partial charge is 0.231 e. The molecule has 0 N–H and O–H groups in total. The van der Waals surface area contributed by atoms with Crippen LogP contribution in [0.4, 0.5) is 0 Å². The van der Waals surface area contributed by atoms with Gasteiger partial charge in [-0.1, -0.05) is 35.7 Å². The van der Waals surface area contributed by atoms with E-state index in [-0.39, 0.29) is 0 Å². The van der Waals surface area contributed by atoms with Gasteiger partial charge < -0.3 is 23.5 Å². The molecular formula is C19H17N3O4S2. The van der Waals surface area contributed by atoms with Crippen LogP contribution in [0.1, 0.15) is 11.1 Å². The molecule has 0 atom stereocenters. The lowest BCUT2D eigenvalue weighted by Gasteiger charge is -2.05. The van der Waals surface area contributed by atoms with Gasteiger partial charge in [0.1, 0.15) is 0 Å². The summed E-state index contributed by atoms with van der Waals surface area (Å²) in [6.07, 6.45) is 0. The molecule has 0 bridgehead atoms. The lowest BCUT2D eigenvalue weighted by atomic mass is 10.2. The fourth-order valence-corrected chi connectivity index (χ4v) is 4.68. The number of ether oxygens (including phenoxy) is 4. The predicted octanol–water partition coefficient (Wildman–Crippen LogP) is 3.86. The molecule has 0 spiro atoms. The third-order valence-corrected chi connectivity index (χ3v) is 6.59. The largest absolute Gasteiger partial charge is 0.454 e. The summed E-state index contributed by atoms with van der Waals surface area (Å²) in [7, 11) is 1.99. The van der Waals surface area contributed by atoms with E-state index in [9.17, 15) is 0 Å². The second-order valence-corrected chi connectivity index (χ2v) is 8.16. The van der Waals surface area contributed by atoms with Gasteiger partial charge in [0.25, 0.3) is 0 Å². The van der Waals surface area contributed by atoms with Crippen LogP contribution >= 0.6 is 23.5 Å². The zero-order valence-corrected chi connectivity index (χ0v) is 16.7. The van der Waals surface area contributed by atoms with Gasteiger partial charge in [0.15, 0.2) is 33.3 Å². The van der Waals surface area contributed by atoms with Gasteiger partial charge in [0.05, 0.1) is 0 Å². The Morgan fingerprint density at radius 2 is 1.21 bits per heavy atom. The molecule has 0 unspecified atom stereocenters. The predicted molar refractivity (Wildman–Crippen MR) is 105 cm³/mol. The molecule has 0 amide bonds. The Bertz CT molecular complexity index is 945. The van der Waals surface area contributed by atoms with Crippen LogP contribution in [0.5, 0.6) is 23.0 Å². The zero-order valence-electron chi connectivity index (χ0n) is 15.1. The molecular weight excluding hydrogens is 398 g/mol. The quantitative estimate of drug-likeness (QED) is 0.563. The Balaban J connectivity index is 1.21. The van der Waals surface area contributed by atoms with E-state index < -0.39 is 0 Å². The van der Waals surface area contributed by atoms with Crippen molar-refractivity contribution in [1.82, 2.24) is 14.8 Å². The number of nitrogens with zero attached hydrogens (tertiary/aromatic N) is 3. The third kappa shape index (κ3) is 3.47. The minimum absolute atomic E-state index is 0.291. The van der Waals surface area contributed by atoms with Crippen LogP contribution in [0, 0.1) is 0 Å². The van der Waals surface area contributed by atoms with Crippen molar-refractivity contribution in [3.63, 3.8) is 0 Å². The number of aromatic nitrogens is 3. The highest BCUT2D eigenvalue weighted by Crippen LogP contribution is 2.36. The first kappa shape index (κ1) is 17.6. The summed E-state index contributed by atoms with van der Waals surface area (Å²) < 4.78 is 23.6. The van der Waals surface area contributed by atoms with Crippen molar-refractivity contribution >= 4 is 23.5 Å². The van der Waals surface area contributed by atoms with E-state index in [4.69, 9.17) is 18.9 Å². The standard InChI is InChI=1S/C19H17N3O4S2/c1-22-18(27-8-12-2-4-14-16(6-12)25-10-23-14)20-21-19(22)28-9-13-3-5-15-17(7-13)26-11-24-15/h2-7H,8-11H2,1H3. The molecule has 2 aromatic carbocycles. The first-order chi connectivity index (χ1) is 13.8. The first-order valence-electron chi connectivity index (χ1n) is 8.68. The van der Waals surface area contributed by atoms with Crippen molar-refractivity contribution in [3.8, 4) is 23.0 Å². The minimum Gasteiger partial charge on any atom is -0.454 e. The summed E-state index contributed by atoms with van der Waals surface area (Å²) in [5.41, 5.74) is 2.32. The van der Waals surface area contributed by atoms with Crippen molar-refractivity contribution < 1.29 is 18.9 Å². The average molecular weight is 415 g/mol. The fraction of sp³-hybridized carbons (Fsp3) is 0.263. The molecule has 2 aliphatic heterocycles. The summed E-state index contributed by atoms with van der Waals surface area (Å²) in [4.78, 5) is 0. The van der Waals surface area contributed by atoms with E-state index in [1.807, 2.05) is 48.0 Å². The van der Waals surface area contributed by atoms with Gasteiger partial charge in [-0.15, -0.1) is 10.2 Å². The van der Waals surface area contributed by atoms with Gasteiger partial charge in [0, 0.05) is 18.6 Å². The molecule has 0 saturated carbocycles. The number of hydrogen-bond donors (Lipinski definition) is 0. The first-order valence-corrected chi connectivity index (χ1v) is 10.7. The maximum absolute atomic E-state index is 5.44. The van der Waals surface area contributed by atoms with Crippen LogP contribution in [0.3, 0.4) is 0 Å². The third-order valence-electron chi connectivity index (χ3n) is 4.40. The fourth-order valence-electron chi connectivity index (χ4n) is 2.91. The van der Waals surface area contributed by atoms with E-state index >= 15 is 0 Å². The topological polar surface area (TPSA) is 67.6 Å². The molecule has 3 heterocycles. The Morgan fingerprint density at radius 1 is 0.750 bits per heavy atom. The maximum atomic E-state index is 5.44. The lowest BCUT2D eigenvalue weighted by Crippen LogP contribution is -1.94. The van der Waals surface area contributed by atoms with Crippen LogP contribution in [0.2, 0.25) is 0 Å². The molecule has 7 nitrogen and oxygen atoms in total. The molecule has 28 heavy (non-hydrogen) atoms. The number of rotatable bonds is 6. The summed E-state index contributed by atoms with van der Waals surface area (Å²) in [5, 5.41) is 10.4. The Kier molecular flexibility index (Phi) is 4.69. The second-order valence-electron chi connectivity index (χ2n) is 6.28. The number of fused-ring (bicyclic) bond motifs is 2. The normalized spacial score (nSPS) is 13.9. The molecule has 9 heteroatoms. The van der Waals surface area contributed by atoms with Gasteiger partial charge in [-0.2, -0.15) is 0 Å². The highest BCUT2D eigenvalue weighted by molar-refractivity contribution is 7.99. The van der Waals surface area contributed by atoms with Crippen LogP contribution in [0.25, 0.3) is 0 Å². The molecule has 0 fully saturated rings. The van der Waals surface area contributed by atoms with Gasteiger partial charge in [0.2, 0.25) is 13.6 Å². The van der Waals surface area contributed by atoms with Gasteiger partial charge in [-0.05, 0) is 35.4 Å². The molecule has 5 rings (SSSR count). The Morgan fingerprint density at radius 3 is 1.71 bits per heavy atom. The van der Waals surface area contributed by atoms with Crippen molar-refractivity contribution in [1.29, 1.82) is 0 Å². The average Bonchev–Trinajstić information content (AvgIpc) is 3.44. The number of benzene rings is 2. The van der Waals surface area contributed by atoms with E-state index in [0.29, 0.717) is 13.6 Å². The molecule has 144 valence electrons. The lowest BCUT2D eigenvalue weighted by molar-refractivity contribution is 0.173. The monoisotopic (exact) mass is 415 g/mol. The number of hydrogen-bond acceptors (Lipinski definition) is 8. The highest BCUT2D eigenvalue weighted by atomic mass is 32.2. The van der Waals surface area contributed by atoms with Crippen molar-refractivity contribution in [2.75, 3.05) is 13.6 Å². The molecule has 1 aromatic heterocycles. The van der Waals surface area contributed by atoms with Crippen LogP contribution < -0.4 is 18.9 Å². The van der Waals surface area contributed by atoms with E-state index in [0.717, 1.165) is 55.9 Å². The molecule has 0 saturated heterocycles. The molecule has 0 aliphatic carbocycles. The molecule has 0 radical (unpaired) electrons. The zero-order chi connectivity index (χ0) is 18.9. The van der Waals surface area contributed by atoms with E-state index in [2.05, 4.69) is 10.2 Å². The Labute approximate surface area is 170 Å². The van der Waals surface area contributed by atoms with E-state index in [1.54, 1.807) is 23.5 Å². The summed E-state index contributed by atoms with van der Waals surface area (Å²) >= 11 is 3.30. The van der Waals surface area contributed by atoms with Crippen LogP contribution in [-0.2, 0) is 18.6 Å². The van der Waals surface area contributed by atoms with Crippen molar-refractivity contribution in [2.24, 2.45) is 7.05 Å². The minimum atomic E-state index is 0.291. The summed E-state index contributed by atoms with van der Waals surface area (Å²) in [6, 6.07) is 12.0. The van der Waals surface area contributed by atoms with Gasteiger partial charge in [-0.25, -0.2) is 0 Å². The number of thioether (sulfide) groups is 2. The van der Waals surface area contributed by atoms with Crippen molar-refractivity contribution in [3.05, 3.63) is 47.5 Å². The van der Waals surface area contributed by atoms with E-state index in [1.165, 1.54) is 0 Å². The summed E-state index contributed by atoms with van der Waals surface area (Å²) in [5.74, 6) is 4.78. The van der Waals surface area contributed by atoms with Crippen LogP contribution in [-0.4, -0.2) is 28.4 Å². The second kappa shape index (κ2) is 7.48. The van der Waals surface area contributed by atoms with Gasteiger partial charge >= 0.3 is 0 Å². The van der Waals surface area contributed by atoms with Crippen molar-refractivity contribution in [2.45, 2.75) is 21.8 Å². The maximum Gasteiger partial charge on any atom is 0.231 e. The van der Waals surface area contributed by atoms with Crippen LogP contribution in [0.15, 0.2) is 46.7 Å². The Hall–Kier alpha value is -2.52. The molecule has 2 aliphatic rings. The molecule has 3 aromatic rings. The van der Waals surface area contributed by atoms with Gasteiger partial charge in [-0.3, -0.25) is 0 Å². The summed E-state index contributed by atoms with van der Waals surface area (Å²) in [6.45, 7) is 0.582.